The van der Waals surface area contributed by atoms with Crippen LogP contribution in [0.3, 0.4) is 0 Å². The van der Waals surface area contributed by atoms with E-state index in [1.165, 1.54) is 23.9 Å². The summed E-state index contributed by atoms with van der Waals surface area (Å²) in [5.74, 6) is -1.55. The molecule has 4 N–H and O–H groups in total. The third-order valence-corrected chi connectivity index (χ3v) is 3.68. The highest BCUT2D eigenvalue weighted by Gasteiger charge is 2.12. The Bertz CT molecular complexity index is 502. The summed E-state index contributed by atoms with van der Waals surface area (Å²) < 4.78 is 0. The molecule has 0 bridgehead atoms. The third-order valence-electron chi connectivity index (χ3n) is 2.48. The zero-order valence-electron chi connectivity index (χ0n) is 11.0. The molecule has 1 rings (SSSR count). The van der Waals surface area contributed by atoms with E-state index in [-0.39, 0.29) is 11.7 Å². The number of amides is 2. The first-order valence-corrected chi connectivity index (χ1v) is 7.06. The van der Waals surface area contributed by atoms with Crippen LogP contribution in [0, 0.1) is 5.92 Å². The molecule has 1 unspecified atom stereocenters. The van der Waals surface area contributed by atoms with E-state index in [1.54, 1.807) is 19.1 Å². The fraction of sp³-hybridized carbons (Fsp3) is 0.308. The summed E-state index contributed by atoms with van der Waals surface area (Å²) in [5.41, 5.74) is 6.04. The van der Waals surface area contributed by atoms with Gasteiger partial charge in [0.1, 0.15) is 0 Å². The number of hydrogen-bond acceptors (Lipinski definition) is 4. The average Bonchev–Trinajstić information content (AvgIpc) is 2.39. The average molecular weight is 296 g/mol. The molecule has 0 heterocycles. The van der Waals surface area contributed by atoms with Crippen LogP contribution in [0.2, 0.25) is 0 Å². The fourth-order valence-corrected chi connectivity index (χ4v) is 2.19. The van der Waals surface area contributed by atoms with Crippen LogP contribution in [-0.4, -0.2) is 34.4 Å². The molecule has 0 spiro atoms. The lowest BCUT2D eigenvalue weighted by Crippen LogP contribution is -2.17. The number of anilines is 1. The summed E-state index contributed by atoms with van der Waals surface area (Å²) in [7, 11) is 0. The monoisotopic (exact) mass is 296 g/mol. The van der Waals surface area contributed by atoms with Crippen molar-refractivity contribution in [3.63, 3.8) is 0 Å². The van der Waals surface area contributed by atoms with Gasteiger partial charge in [-0.25, -0.2) is 0 Å². The molecule has 108 valence electrons. The van der Waals surface area contributed by atoms with Crippen LogP contribution >= 0.6 is 11.8 Å². The van der Waals surface area contributed by atoms with Crippen molar-refractivity contribution in [1.29, 1.82) is 0 Å². The molecule has 0 saturated carbocycles. The highest BCUT2D eigenvalue weighted by Crippen LogP contribution is 2.12. The molecule has 0 saturated heterocycles. The first kappa shape index (κ1) is 16.0. The van der Waals surface area contributed by atoms with Gasteiger partial charge in [-0.1, -0.05) is 6.92 Å². The van der Waals surface area contributed by atoms with E-state index in [1.807, 2.05) is 0 Å². The van der Waals surface area contributed by atoms with Gasteiger partial charge in [-0.15, -0.1) is 0 Å². The summed E-state index contributed by atoms with van der Waals surface area (Å²) in [6, 6.07) is 6.22. The highest BCUT2D eigenvalue weighted by molar-refractivity contribution is 8.00. The molecule has 0 fully saturated rings. The van der Waals surface area contributed by atoms with Crippen LogP contribution in [0.4, 0.5) is 5.69 Å². The fourth-order valence-electron chi connectivity index (χ4n) is 1.31. The lowest BCUT2D eigenvalue weighted by Gasteiger charge is -2.07. The van der Waals surface area contributed by atoms with Crippen LogP contribution in [0.5, 0.6) is 0 Å². The number of aliphatic carboxylic acids is 1. The third kappa shape index (κ3) is 5.31. The van der Waals surface area contributed by atoms with Gasteiger partial charge in [0.25, 0.3) is 0 Å². The molecule has 1 aromatic rings. The van der Waals surface area contributed by atoms with Crippen molar-refractivity contribution in [2.75, 3.05) is 16.8 Å². The quantitative estimate of drug-likeness (QED) is 0.700. The van der Waals surface area contributed by atoms with Gasteiger partial charge in [0.2, 0.25) is 11.8 Å². The second-order valence-corrected chi connectivity index (χ2v) is 5.27. The topological polar surface area (TPSA) is 109 Å². The van der Waals surface area contributed by atoms with Gasteiger partial charge in [0.15, 0.2) is 0 Å². The molecule has 0 aliphatic rings. The molecule has 1 aromatic carbocycles. The Hall–Kier alpha value is -2.02. The van der Waals surface area contributed by atoms with Crippen molar-refractivity contribution in [2.24, 2.45) is 11.7 Å². The number of thioether (sulfide) groups is 1. The van der Waals surface area contributed by atoms with Crippen molar-refractivity contribution in [1.82, 2.24) is 0 Å². The van der Waals surface area contributed by atoms with E-state index in [0.29, 0.717) is 17.0 Å². The predicted octanol–water partition coefficient (Wildman–Crippen LogP) is 1.18. The largest absolute Gasteiger partial charge is 0.481 e. The maximum atomic E-state index is 11.6. The van der Waals surface area contributed by atoms with E-state index in [9.17, 15) is 14.4 Å². The van der Waals surface area contributed by atoms with Crippen molar-refractivity contribution in [2.45, 2.75) is 6.92 Å². The first-order valence-electron chi connectivity index (χ1n) is 5.90. The number of nitrogens with two attached hydrogens (primary N) is 1. The van der Waals surface area contributed by atoms with Gasteiger partial charge in [0, 0.05) is 17.0 Å². The maximum absolute atomic E-state index is 11.6. The lowest BCUT2D eigenvalue weighted by molar-refractivity contribution is -0.140. The van der Waals surface area contributed by atoms with Crippen LogP contribution in [0.1, 0.15) is 17.3 Å². The predicted molar refractivity (Wildman–Crippen MR) is 77.7 cm³/mol. The Morgan fingerprint density at radius 2 is 1.90 bits per heavy atom. The van der Waals surface area contributed by atoms with Crippen molar-refractivity contribution in [3.8, 4) is 0 Å². The minimum Gasteiger partial charge on any atom is -0.481 e. The molecule has 6 nitrogen and oxygen atoms in total. The van der Waals surface area contributed by atoms with Gasteiger partial charge in [-0.05, 0) is 24.3 Å². The van der Waals surface area contributed by atoms with Crippen LogP contribution in [0.15, 0.2) is 24.3 Å². The molecule has 7 heteroatoms. The standard InChI is InChI=1S/C13H16N2O4S/c1-8(13(18)19)6-20-7-11(16)15-10-4-2-9(3-5-10)12(14)17/h2-5,8H,6-7H2,1H3,(H2,14,17)(H,15,16)(H,18,19). The number of benzene rings is 1. The number of nitrogens with one attached hydrogen (secondary N) is 1. The summed E-state index contributed by atoms with van der Waals surface area (Å²) in [5, 5.41) is 11.4. The second kappa shape index (κ2) is 7.54. The van der Waals surface area contributed by atoms with Crippen LogP contribution in [-0.2, 0) is 9.59 Å². The van der Waals surface area contributed by atoms with Crippen LogP contribution < -0.4 is 11.1 Å². The van der Waals surface area contributed by atoms with Gasteiger partial charge in [-0.3, -0.25) is 14.4 Å². The zero-order valence-corrected chi connectivity index (χ0v) is 11.8. The summed E-state index contributed by atoms with van der Waals surface area (Å²) >= 11 is 1.26. The first-order chi connectivity index (χ1) is 9.40. The molecule has 0 aromatic heterocycles. The molecule has 1 atom stereocenters. The van der Waals surface area contributed by atoms with E-state index < -0.39 is 17.8 Å². The molecular formula is C13H16N2O4S. The molecule has 0 aliphatic heterocycles. The number of primary amides is 1. The lowest BCUT2D eigenvalue weighted by atomic mass is 10.2. The number of carboxylic acid groups (broad SMARTS) is 1. The Kier molecular flexibility index (Phi) is 6.05. The van der Waals surface area contributed by atoms with Gasteiger partial charge in [0.05, 0.1) is 11.7 Å². The summed E-state index contributed by atoms with van der Waals surface area (Å²) in [6.45, 7) is 1.59. The maximum Gasteiger partial charge on any atom is 0.307 e. The highest BCUT2D eigenvalue weighted by atomic mass is 32.2. The molecule has 2 amide bonds. The normalized spacial score (nSPS) is 11.7. The Morgan fingerprint density at radius 3 is 2.40 bits per heavy atom. The SMILES string of the molecule is CC(CSCC(=O)Nc1ccc(C(N)=O)cc1)C(=O)O. The Morgan fingerprint density at radius 1 is 1.30 bits per heavy atom. The molecule has 0 radical (unpaired) electrons. The van der Waals surface area contributed by atoms with E-state index in [4.69, 9.17) is 10.8 Å². The molecular weight excluding hydrogens is 280 g/mol. The van der Waals surface area contributed by atoms with Gasteiger partial charge < -0.3 is 16.2 Å². The van der Waals surface area contributed by atoms with Gasteiger partial charge >= 0.3 is 5.97 Å². The number of rotatable bonds is 7. The molecule has 0 aliphatic carbocycles. The Labute approximate surface area is 120 Å². The van der Waals surface area contributed by atoms with Crippen molar-refractivity contribution >= 4 is 35.2 Å². The number of hydrogen-bond donors (Lipinski definition) is 3. The second-order valence-electron chi connectivity index (χ2n) is 4.24. The number of carboxylic acids is 1. The van der Waals surface area contributed by atoms with E-state index >= 15 is 0 Å². The van der Waals surface area contributed by atoms with Crippen molar-refractivity contribution in [3.05, 3.63) is 29.8 Å². The van der Waals surface area contributed by atoms with Crippen LogP contribution in [0.25, 0.3) is 0 Å². The van der Waals surface area contributed by atoms with E-state index in [0.717, 1.165) is 0 Å². The minimum atomic E-state index is -0.875. The zero-order chi connectivity index (χ0) is 15.1. The molecule has 20 heavy (non-hydrogen) atoms. The van der Waals surface area contributed by atoms with Gasteiger partial charge in [-0.2, -0.15) is 11.8 Å². The summed E-state index contributed by atoms with van der Waals surface area (Å²) in [4.78, 5) is 33.1. The Balaban J connectivity index is 2.39. The minimum absolute atomic E-state index is 0.176. The van der Waals surface area contributed by atoms with Crippen molar-refractivity contribution < 1.29 is 19.5 Å². The van der Waals surface area contributed by atoms with E-state index in [2.05, 4.69) is 5.32 Å². The number of carbonyl (C=O) groups excluding carboxylic acids is 2. The summed E-state index contributed by atoms with van der Waals surface area (Å²) in [6.07, 6.45) is 0. The number of carbonyl (C=O) groups is 3. The smallest absolute Gasteiger partial charge is 0.307 e.